The molecule has 124 valence electrons. The molecule has 1 aliphatic heterocycles. The van der Waals surface area contributed by atoms with Crippen LogP contribution in [0.2, 0.25) is 5.02 Å². The van der Waals surface area contributed by atoms with Crippen LogP contribution in [0.15, 0.2) is 36.4 Å². The largest absolute Gasteiger partial charge is 0.478 e. The lowest BCUT2D eigenvalue weighted by molar-refractivity contribution is 0.0689. The first-order valence-electron chi connectivity index (χ1n) is 7.75. The van der Waals surface area contributed by atoms with Crippen LogP contribution in [-0.4, -0.2) is 33.4 Å². The quantitative estimate of drug-likeness (QED) is 0.921. The molecule has 24 heavy (non-hydrogen) atoms. The lowest BCUT2D eigenvalue weighted by Crippen LogP contribution is -2.31. The Bertz CT molecular complexity index is 789. The summed E-state index contributed by atoms with van der Waals surface area (Å²) >= 11 is 5.93. The molecular formula is C18H17ClN2O3. The minimum Gasteiger partial charge on any atom is -0.478 e. The summed E-state index contributed by atoms with van der Waals surface area (Å²) in [5.41, 5.74) is 1.78. The number of aryl methyl sites for hydroxylation is 1. The van der Waals surface area contributed by atoms with Gasteiger partial charge >= 0.3 is 5.97 Å². The van der Waals surface area contributed by atoms with E-state index in [0.717, 1.165) is 18.4 Å². The number of benzene rings is 1. The van der Waals surface area contributed by atoms with Gasteiger partial charge in [0.25, 0.3) is 5.91 Å². The average molecular weight is 345 g/mol. The number of carboxylic acid groups (broad SMARTS) is 1. The molecule has 1 aromatic carbocycles. The highest BCUT2D eigenvalue weighted by Gasteiger charge is 2.31. The van der Waals surface area contributed by atoms with Crippen molar-refractivity contribution in [1.29, 1.82) is 0 Å². The van der Waals surface area contributed by atoms with E-state index in [-0.39, 0.29) is 23.2 Å². The van der Waals surface area contributed by atoms with Gasteiger partial charge in [-0.15, -0.1) is 0 Å². The molecule has 5 nitrogen and oxygen atoms in total. The molecule has 0 bridgehead atoms. The fraction of sp³-hybridized carbons (Fsp3) is 0.278. The van der Waals surface area contributed by atoms with Gasteiger partial charge in [0, 0.05) is 11.6 Å². The van der Waals surface area contributed by atoms with Crippen molar-refractivity contribution in [2.75, 3.05) is 6.54 Å². The minimum absolute atomic E-state index is 0.00368. The van der Waals surface area contributed by atoms with Crippen molar-refractivity contribution >= 4 is 23.5 Å². The van der Waals surface area contributed by atoms with E-state index < -0.39 is 5.97 Å². The molecule has 1 unspecified atom stereocenters. The number of pyridine rings is 1. The molecule has 0 radical (unpaired) electrons. The van der Waals surface area contributed by atoms with Crippen molar-refractivity contribution in [2.45, 2.75) is 25.8 Å². The van der Waals surface area contributed by atoms with Crippen LogP contribution in [0.1, 0.15) is 51.0 Å². The van der Waals surface area contributed by atoms with Crippen LogP contribution in [0, 0.1) is 6.92 Å². The summed E-state index contributed by atoms with van der Waals surface area (Å²) in [7, 11) is 0. The number of likely N-dealkylation sites (tertiary alicyclic amines) is 1. The third kappa shape index (κ3) is 3.12. The highest BCUT2D eigenvalue weighted by molar-refractivity contribution is 6.30. The molecule has 0 saturated carbocycles. The molecule has 6 heteroatoms. The number of rotatable bonds is 3. The number of amides is 1. The van der Waals surface area contributed by atoms with Crippen molar-refractivity contribution in [1.82, 2.24) is 9.88 Å². The zero-order chi connectivity index (χ0) is 17.3. The van der Waals surface area contributed by atoms with Gasteiger partial charge in [-0.2, -0.15) is 0 Å². The lowest BCUT2D eigenvalue weighted by atomic mass is 10.0. The first-order valence-corrected chi connectivity index (χ1v) is 8.12. The summed E-state index contributed by atoms with van der Waals surface area (Å²) in [6.45, 7) is 2.26. The molecule has 1 aliphatic rings. The molecule has 1 amide bonds. The second kappa shape index (κ2) is 6.61. The number of carboxylic acids is 1. The molecule has 2 aromatic rings. The van der Waals surface area contributed by atoms with Gasteiger partial charge in [0.05, 0.1) is 17.3 Å². The van der Waals surface area contributed by atoms with Crippen LogP contribution in [0.25, 0.3) is 0 Å². The van der Waals surface area contributed by atoms with Crippen molar-refractivity contribution in [2.24, 2.45) is 0 Å². The number of carbonyl (C=O) groups is 2. The molecule has 3 rings (SSSR count). The highest BCUT2D eigenvalue weighted by atomic mass is 35.5. The number of aromatic nitrogens is 1. The van der Waals surface area contributed by atoms with Crippen LogP contribution < -0.4 is 0 Å². The van der Waals surface area contributed by atoms with Crippen molar-refractivity contribution in [3.8, 4) is 0 Å². The van der Waals surface area contributed by atoms with E-state index in [0.29, 0.717) is 17.3 Å². The fourth-order valence-corrected chi connectivity index (χ4v) is 3.22. The number of hydrogen-bond donors (Lipinski definition) is 1. The molecule has 0 aliphatic carbocycles. The van der Waals surface area contributed by atoms with E-state index in [2.05, 4.69) is 4.98 Å². The Labute approximate surface area is 144 Å². The zero-order valence-corrected chi connectivity index (χ0v) is 14.0. The van der Waals surface area contributed by atoms with Gasteiger partial charge in [0.15, 0.2) is 0 Å². The summed E-state index contributed by atoms with van der Waals surface area (Å²) in [6, 6.07) is 10.4. The second-order valence-electron chi connectivity index (χ2n) is 5.84. The molecule has 1 saturated heterocycles. The molecule has 1 N–H and O–H groups in total. The monoisotopic (exact) mass is 344 g/mol. The van der Waals surface area contributed by atoms with E-state index in [1.54, 1.807) is 11.8 Å². The number of aromatic carboxylic acids is 1. The summed E-state index contributed by atoms with van der Waals surface area (Å²) in [4.78, 5) is 29.9. The van der Waals surface area contributed by atoms with E-state index in [9.17, 15) is 9.59 Å². The SMILES string of the molecule is Cc1nc(C(=O)N2CCCC2c2ccc(Cl)cc2)ccc1C(=O)O. The smallest absolute Gasteiger partial charge is 0.337 e. The zero-order valence-electron chi connectivity index (χ0n) is 13.2. The molecule has 0 spiro atoms. The molecule has 2 heterocycles. The van der Waals surface area contributed by atoms with Crippen LogP contribution in [-0.2, 0) is 0 Å². The second-order valence-corrected chi connectivity index (χ2v) is 6.28. The molecule has 1 aromatic heterocycles. The van der Waals surface area contributed by atoms with Crippen molar-refractivity contribution in [3.63, 3.8) is 0 Å². The van der Waals surface area contributed by atoms with Crippen LogP contribution in [0.3, 0.4) is 0 Å². The van der Waals surface area contributed by atoms with Gasteiger partial charge < -0.3 is 10.0 Å². The predicted molar refractivity (Wildman–Crippen MR) is 90.4 cm³/mol. The maximum atomic E-state index is 12.8. The van der Waals surface area contributed by atoms with Crippen LogP contribution >= 0.6 is 11.6 Å². The maximum Gasteiger partial charge on any atom is 0.337 e. The minimum atomic E-state index is -1.04. The fourth-order valence-electron chi connectivity index (χ4n) is 3.09. The Morgan fingerprint density at radius 1 is 1.21 bits per heavy atom. The first kappa shape index (κ1) is 16.5. The lowest BCUT2D eigenvalue weighted by Gasteiger charge is -2.25. The van der Waals surface area contributed by atoms with Crippen molar-refractivity contribution < 1.29 is 14.7 Å². The number of nitrogens with zero attached hydrogens (tertiary/aromatic N) is 2. The Kier molecular flexibility index (Phi) is 4.53. The first-order chi connectivity index (χ1) is 11.5. The van der Waals surface area contributed by atoms with E-state index in [1.807, 2.05) is 24.3 Å². The normalized spacial score (nSPS) is 17.1. The summed E-state index contributed by atoms with van der Waals surface area (Å²) in [5.74, 6) is -1.22. The van der Waals surface area contributed by atoms with Gasteiger partial charge in [-0.3, -0.25) is 4.79 Å². The van der Waals surface area contributed by atoms with Gasteiger partial charge in [0.1, 0.15) is 5.69 Å². The Morgan fingerprint density at radius 3 is 2.54 bits per heavy atom. The van der Waals surface area contributed by atoms with E-state index >= 15 is 0 Å². The highest BCUT2D eigenvalue weighted by Crippen LogP contribution is 2.33. The summed E-state index contributed by atoms with van der Waals surface area (Å²) < 4.78 is 0. The van der Waals surface area contributed by atoms with Crippen LogP contribution in [0.5, 0.6) is 0 Å². The number of carbonyl (C=O) groups excluding carboxylic acids is 1. The van der Waals surface area contributed by atoms with E-state index in [1.165, 1.54) is 12.1 Å². The third-order valence-electron chi connectivity index (χ3n) is 4.30. The topological polar surface area (TPSA) is 70.5 Å². The van der Waals surface area contributed by atoms with Crippen molar-refractivity contribution in [3.05, 3.63) is 63.9 Å². The van der Waals surface area contributed by atoms with Gasteiger partial charge in [-0.1, -0.05) is 23.7 Å². The van der Waals surface area contributed by atoms with E-state index in [4.69, 9.17) is 16.7 Å². The molecule has 1 fully saturated rings. The molecule has 1 atom stereocenters. The number of halogens is 1. The predicted octanol–water partition coefficient (Wildman–Crippen LogP) is 3.72. The maximum absolute atomic E-state index is 12.8. The Hall–Kier alpha value is -2.40. The Balaban J connectivity index is 1.87. The van der Waals surface area contributed by atoms with Gasteiger partial charge in [-0.25, -0.2) is 9.78 Å². The van der Waals surface area contributed by atoms with Crippen LogP contribution in [0.4, 0.5) is 0 Å². The average Bonchev–Trinajstić information content (AvgIpc) is 3.04. The van der Waals surface area contributed by atoms with Gasteiger partial charge in [-0.05, 0) is 49.6 Å². The van der Waals surface area contributed by atoms with Gasteiger partial charge in [0.2, 0.25) is 0 Å². The third-order valence-corrected chi connectivity index (χ3v) is 4.56. The Morgan fingerprint density at radius 2 is 1.92 bits per heavy atom. The summed E-state index contributed by atoms with van der Waals surface area (Å²) in [6.07, 6.45) is 1.81. The molecular weight excluding hydrogens is 328 g/mol. The summed E-state index contributed by atoms with van der Waals surface area (Å²) in [5, 5.41) is 9.74. The number of hydrogen-bond acceptors (Lipinski definition) is 3. The standard InChI is InChI=1S/C18H17ClN2O3/c1-11-14(18(23)24)8-9-15(20-11)17(22)21-10-2-3-16(21)12-4-6-13(19)7-5-12/h4-9,16H,2-3,10H2,1H3,(H,23,24).